The number of amides is 1. The lowest BCUT2D eigenvalue weighted by atomic mass is 10.0. The van der Waals surface area contributed by atoms with Crippen LogP contribution >= 0.6 is 0 Å². The number of hydrogen-bond donors (Lipinski definition) is 2. The normalized spacial score (nSPS) is 36.5. The van der Waals surface area contributed by atoms with Crippen LogP contribution in [0.3, 0.4) is 0 Å². The van der Waals surface area contributed by atoms with Gasteiger partial charge in [0.25, 0.3) is 0 Å². The summed E-state index contributed by atoms with van der Waals surface area (Å²) in [5.41, 5.74) is 0. The molecule has 0 radical (unpaired) electrons. The van der Waals surface area contributed by atoms with Crippen molar-refractivity contribution in [3.63, 3.8) is 0 Å². The van der Waals surface area contributed by atoms with Gasteiger partial charge in [-0.2, -0.15) is 0 Å². The Bertz CT molecular complexity index is 211. The average Bonchev–Trinajstić information content (AvgIpc) is 2.92. The Labute approximate surface area is 85.6 Å². The van der Waals surface area contributed by atoms with E-state index in [-0.39, 0.29) is 11.9 Å². The fourth-order valence-electron chi connectivity index (χ4n) is 2.11. The molecule has 0 aromatic carbocycles. The third-order valence-electron chi connectivity index (χ3n) is 3.44. The Balaban J connectivity index is 1.66. The maximum Gasteiger partial charge on any atom is 0.237 e. The molecule has 2 N–H and O–H groups in total. The molecule has 1 saturated carbocycles. The van der Waals surface area contributed by atoms with E-state index >= 15 is 0 Å². The van der Waals surface area contributed by atoms with Crippen LogP contribution < -0.4 is 10.6 Å². The van der Waals surface area contributed by atoms with E-state index in [1.807, 2.05) is 0 Å². The highest BCUT2D eigenvalue weighted by Gasteiger charge is 2.33. The van der Waals surface area contributed by atoms with Crippen LogP contribution in [0.15, 0.2) is 0 Å². The number of carbonyl (C=O) groups excluding carboxylic acids is 1. The molecule has 2 rings (SSSR count). The molecule has 3 atom stereocenters. The van der Waals surface area contributed by atoms with Crippen LogP contribution in [0.25, 0.3) is 0 Å². The van der Waals surface area contributed by atoms with E-state index in [9.17, 15) is 4.79 Å². The van der Waals surface area contributed by atoms with Crippen molar-refractivity contribution in [2.45, 2.75) is 38.6 Å². The van der Waals surface area contributed by atoms with E-state index in [1.54, 1.807) is 0 Å². The molecule has 80 valence electrons. The number of nitrogens with one attached hydrogen (secondary N) is 2. The van der Waals surface area contributed by atoms with Crippen LogP contribution in [-0.2, 0) is 4.79 Å². The van der Waals surface area contributed by atoms with Gasteiger partial charge < -0.3 is 10.6 Å². The third-order valence-corrected chi connectivity index (χ3v) is 3.44. The molecule has 1 heterocycles. The monoisotopic (exact) mass is 196 g/mol. The summed E-state index contributed by atoms with van der Waals surface area (Å²) in [6, 6.07) is 0.0813. The summed E-state index contributed by atoms with van der Waals surface area (Å²) < 4.78 is 0. The average molecular weight is 196 g/mol. The van der Waals surface area contributed by atoms with Crippen LogP contribution in [0.1, 0.15) is 32.6 Å². The third kappa shape index (κ3) is 2.47. The fraction of sp³-hybridized carbons (Fsp3) is 0.909. The Morgan fingerprint density at radius 2 is 2.29 bits per heavy atom. The number of rotatable bonds is 3. The van der Waals surface area contributed by atoms with Crippen molar-refractivity contribution in [2.75, 3.05) is 13.1 Å². The summed E-state index contributed by atoms with van der Waals surface area (Å²) in [5, 5.41) is 6.31. The molecule has 1 amide bonds. The van der Waals surface area contributed by atoms with E-state index in [0.717, 1.165) is 31.3 Å². The van der Waals surface area contributed by atoms with Gasteiger partial charge in [-0.3, -0.25) is 4.79 Å². The van der Waals surface area contributed by atoms with Crippen LogP contribution in [-0.4, -0.2) is 25.0 Å². The standard InChI is InChI=1S/C11H20N2O/c1-8-6-9(8)7-13-11(14)10-4-2-3-5-12-10/h8-10,12H,2-7H2,1H3,(H,13,14)/t8?,9?,10-/m1/s1. The van der Waals surface area contributed by atoms with Crippen molar-refractivity contribution in [1.29, 1.82) is 0 Å². The first-order valence-electron chi connectivity index (χ1n) is 5.78. The predicted molar refractivity (Wildman–Crippen MR) is 55.9 cm³/mol. The Morgan fingerprint density at radius 1 is 1.50 bits per heavy atom. The largest absolute Gasteiger partial charge is 0.354 e. The molecule has 0 bridgehead atoms. The van der Waals surface area contributed by atoms with Gasteiger partial charge in [-0.25, -0.2) is 0 Å². The quantitative estimate of drug-likeness (QED) is 0.704. The minimum Gasteiger partial charge on any atom is -0.354 e. The van der Waals surface area contributed by atoms with E-state index < -0.39 is 0 Å². The molecule has 0 spiro atoms. The van der Waals surface area contributed by atoms with E-state index in [1.165, 1.54) is 19.3 Å². The number of carbonyl (C=O) groups is 1. The summed E-state index contributed by atoms with van der Waals surface area (Å²) in [6.45, 7) is 4.13. The first kappa shape index (κ1) is 9.97. The van der Waals surface area contributed by atoms with E-state index in [0.29, 0.717) is 0 Å². The van der Waals surface area contributed by atoms with Crippen LogP contribution in [0.4, 0.5) is 0 Å². The summed E-state index contributed by atoms with van der Waals surface area (Å²) in [7, 11) is 0. The molecule has 0 aromatic heterocycles. The van der Waals surface area contributed by atoms with Gasteiger partial charge in [0.1, 0.15) is 0 Å². The van der Waals surface area contributed by atoms with Crippen LogP contribution in [0.2, 0.25) is 0 Å². The van der Waals surface area contributed by atoms with Gasteiger partial charge >= 0.3 is 0 Å². The summed E-state index contributed by atoms with van der Waals surface area (Å²) in [6.07, 6.45) is 4.69. The highest BCUT2D eigenvalue weighted by molar-refractivity contribution is 5.81. The summed E-state index contributed by atoms with van der Waals surface area (Å²) in [4.78, 5) is 11.7. The zero-order valence-corrected chi connectivity index (χ0v) is 8.88. The van der Waals surface area contributed by atoms with Gasteiger partial charge in [0.15, 0.2) is 0 Å². The predicted octanol–water partition coefficient (Wildman–Crippen LogP) is 0.901. The highest BCUT2D eigenvalue weighted by Crippen LogP contribution is 2.36. The first-order chi connectivity index (χ1) is 6.77. The van der Waals surface area contributed by atoms with E-state index in [4.69, 9.17) is 0 Å². The highest BCUT2D eigenvalue weighted by atomic mass is 16.2. The molecule has 14 heavy (non-hydrogen) atoms. The van der Waals surface area contributed by atoms with Crippen molar-refractivity contribution < 1.29 is 4.79 Å². The lowest BCUT2D eigenvalue weighted by Crippen LogP contribution is -2.47. The van der Waals surface area contributed by atoms with Crippen molar-refractivity contribution in [3.05, 3.63) is 0 Å². The zero-order chi connectivity index (χ0) is 9.97. The molecule has 2 fully saturated rings. The van der Waals surface area contributed by atoms with Crippen LogP contribution in [0.5, 0.6) is 0 Å². The molecule has 3 heteroatoms. The van der Waals surface area contributed by atoms with Crippen molar-refractivity contribution in [1.82, 2.24) is 10.6 Å². The minimum atomic E-state index is 0.0813. The zero-order valence-electron chi connectivity index (χ0n) is 8.88. The van der Waals surface area contributed by atoms with Gasteiger partial charge in [-0.05, 0) is 37.6 Å². The fourth-order valence-corrected chi connectivity index (χ4v) is 2.11. The molecule has 1 aliphatic carbocycles. The van der Waals surface area contributed by atoms with Gasteiger partial charge in [0.2, 0.25) is 5.91 Å². The summed E-state index contributed by atoms with van der Waals surface area (Å²) in [5.74, 6) is 1.79. The maximum absolute atomic E-state index is 11.7. The molecular weight excluding hydrogens is 176 g/mol. The van der Waals surface area contributed by atoms with E-state index in [2.05, 4.69) is 17.6 Å². The van der Waals surface area contributed by atoms with Gasteiger partial charge in [0, 0.05) is 6.54 Å². The molecule has 1 saturated heterocycles. The topological polar surface area (TPSA) is 41.1 Å². The Kier molecular flexibility index (Phi) is 3.06. The van der Waals surface area contributed by atoms with Crippen molar-refractivity contribution >= 4 is 5.91 Å². The molecule has 1 aliphatic heterocycles. The summed E-state index contributed by atoms with van der Waals surface area (Å²) >= 11 is 0. The second-order valence-electron chi connectivity index (χ2n) is 4.72. The lowest BCUT2D eigenvalue weighted by Gasteiger charge is -2.22. The maximum atomic E-state index is 11.7. The SMILES string of the molecule is CC1CC1CNC(=O)[C@H]1CCCCN1. The van der Waals surface area contributed by atoms with Gasteiger partial charge in [-0.1, -0.05) is 13.3 Å². The molecule has 2 aliphatic rings. The van der Waals surface area contributed by atoms with Gasteiger partial charge in [0.05, 0.1) is 6.04 Å². The number of piperidine rings is 1. The van der Waals surface area contributed by atoms with Crippen molar-refractivity contribution in [2.24, 2.45) is 11.8 Å². The first-order valence-corrected chi connectivity index (χ1v) is 5.78. The Morgan fingerprint density at radius 3 is 2.86 bits per heavy atom. The van der Waals surface area contributed by atoms with Crippen LogP contribution in [0, 0.1) is 11.8 Å². The van der Waals surface area contributed by atoms with Crippen molar-refractivity contribution in [3.8, 4) is 0 Å². The number of hydrogen-bond acceptors (Lipinski definition) is 2. The smallest absolute Gasteiger partial charge is 0.237 e. The Hall–Kier alpha value is -0.570. The molecular formula is C11H20N2O. The van der Waals surface area contributed by atoms with Gasteiger partial charge in [-0.15, -0.1) is 0 Å². The molecule has 0 aromatic rings. The lowest BCUT2D eigenvalue weighted by molar-refractivity contribution is -0.123. The minimum absolute atomic E-state index is 0.0813. The molecule has 3 nitrogen and oxygen atoms in total. The second-order valence-corrected chi connectivity index (χ2v) is 4.72. The molecule has 2 unspecified atom stereocenters. The second kappa shape index (κ2) is 4.30.